The van der Waals surface area contributed by atoms with Crippen molar-refractivity contribution in [2.24, 2.45) is 0 Å². The quantitative estimate of drug-likeness (QED) is 0.695. The normalized spacial score (nSPS) is 26.2. The predicted octanol–water partition coefficient (Wildman–Crippen LogP) is 2.45. The molecule has 96 valence electrons. The summed E-state index contributed by atoms with van der Waals surface area (Å²) in [5, 5.41) is 6.57. The second-order valence-corrected chi connectivity index (χ2v) is 4.56. The molecule has 1 saturated heterocycles. The number of rotatable bonds is 6. The van der Waals surface area contributed by atoms with Crippen molar-refractivity contribution in [3.05, 3.63) is 0 Å². The highest BCUT2D eigenvalue weighted by Crippen LogP contribution is 2.22. The Labute approximate surface area is 95.0 Å². The van der Waals surface area contributed by atoms with Crippen molar-refractivity contribution in [3.8, 4) is 0 Å². The van der Waals surface area contributed by atoms with Crippen molar-refractivity contribution < 1.29 is 13.2 Å². The van der Waals surface area contributed by atoms with E-state index < -0.39 is 12.6 Å². The van der Waals surface area contributed by atoms with Crippen LogP contribution in [0.3, 0.4) is 0 Å². The SMILES string of the molecule is CCC1(CNCCCC(F)(F)F)CCCN1. The van der Waals surface area contributed by atoms with Gasteiger partial charge in [0, 0.05) is 18.5 Å². The summed E-state index contributed by atoms with van der Waals surface area (Å²) in [6, 6.07) is 0. The molecule has 2 nitrogen and oxygen atoms in total. The lowest BCUT2D eigenvalue weighted by Crippen LogP contribution is -2.48. The van der Waals surface area contributed by atoms with Crippen LogP contribution in [0, 0.1) is 0 Å². The van der Waals surface area contributed by atoms with Gasteiger partial charge in [0.15, 0.2) is 0 Å². The molecule has 2 N–H and O–H groups in total. The Balaban J connectivity index is 2.10. The third-order valence-electron chi connectivity index (χ3n) is 3.29. The molecule has 1 aliphatic heterocycles. The van der Waals surface area contributed by atoms with Gasteiger partial charge in [0.1, 0.15) is 0 Å². The molecule has 5 heteroatoms. The molecule has 1 atom stereocenters. The highest BCUT2D eigenvalue weighted by molar-refractivity contribution is 4.93. The zero-order valence-corrected chi connectivity index (χ0v) is 9.79. The third kappa shape index (κ3) is 4.70. The van der Waals surface area contributed by atoms with Gasteiger partial charge in [0.25, 0.3) is 0 Å². The van der Waals surface area contributed by atoms with E-state index in [0.717, 1.165) is 32.4 Å². The van der Waals surface area contributed by atoms with Crippen LogP contribution in [-0.2, 0) is 0 Å². The van der Waals surface area contributed by atoms with Crippen LogP contribution in [0.5, 0.6) is 0 Å². The van der Waals surface area contributed by atoms with Crippen LogP contribution in [0.15, 0.2) is 0 Å². The molecule has 1 unspecified atom stereocenters. The molecule has 0 radical (unpaired) electrons. The maximum Gasteiger partial charge on any atom is 0.389 e. The number of hydrogen-bond donors (Lipinski definition) is 2. The predicted molar refractivity (Wildman–Crippen MR) is 58.4 cm³/mol. The average molecular weight is 238 g/mol. The zero-order chi connectivity index (χ0) is 12.1. The second-order valence-electron chi connectivity index (χ2n) is 4.56. The monoisotopic (exact) mass is 238 g/mol. The van der Waals surface area contributed by atoms with E-state index in [2.05, 4.69) is 17.6 Å². The Kier molecular flexibility index (Phi) is 5.05. The Morgan fingerprint density at radius 3 is 2.62 bits per heavy atom. The maximum absolute atomic E-state index is 11.9. The summed E-state index contributed by atoms with van der Waals surface area (Å²) in [6.45, 7) is 4.37. The molecule has 0 saturated carbocycles. The van der Waals surface area contributed by atoms with Crippen molar-refractivity contribution in [3.63, 3.8) is 0 Å². The second kappa shape index (κ2) is 5.87. The van der Waals surface area contributed by atoms with Crippen LogP contribution in [0.4, 0.5) is 13.2 Å². The lowest BCUT2D eigenvalue weighted by molar-refractivity contribution is -0.135. The summed E-state index contributed by atoms with van der Waals surface area (Å²) in [4.78, 5) is 0. The molecule has 0 aromatic carbocycles. The van der Waals surface area contributed by atoms with Gasteiger partial charge in [-0.05, 0) is 38.8 Å². The summed E-state index contributed by atoms with van der Waals surface area (Å²) in [7, 11) is 0. The first kappa shape index (κ1) is 13.8. The van der Waals surface area contributed by atoms with Gasteiger partial charge in [-0.25, -0.2) is 0 Å². The third-order valence-corrected chi connectivity index (χ3v) is 3.29. The fourth-order valence-electron chi connectivity index (χ4n) is 2.19. The first-order valence-corrected chi connectivity index (χ1v) is 6.00. The molecular weight excluding hydrogens is 217 g/mol. The Bertz CT molecular complexity index is 198. The van der Waals surface area contributed by atoms with E-state index in [-0.39, 0.29) is 12.0 Å². The molecule has 1 rings (SSSR count). The lowest BCUT2D eigenvalue weighted by atomic mass is 9.94. The van der Waals surface area contributed by atoms with E-state index in [0.29, 0.717) is 6.54 Å². The molecule has 16 heavy (non-hydrogen) atoms. The first-order valence-electron chi connectivity index (χ1n) is 6.00. The van der Waals surface area contributed by atoms with E-state index in [9.17, 15) is 13.2 Å². The van der Waals surface area contributed by atoms with Gasteiger partial charge in [0.05, 0.1) is 0 Å². The summed E-state index contributed by atoms with van der Waals surface area (Å²) < 4.78 is 35.7. The summed E-state index contributed by atoms with van der Waals surface area (Å²) in [5.41, 5.74) is 0.123. The van der Waals surface area contributed by atoms with Crippen LogP contribution in [-0.4, -0.2) is 31.3 Å². The topological polar surface area (TPSA) is 24.1 Å². The average Bonchev–Trinajstić information content (AvgIpc) is 2.65. The van der Waals surface area contributed by atoms with E-state index in [1.54, 1.807) is 0 Å². The molecule has 0 amide bonds. The molecule has 0 spiro atoms. The molecule has 1 heterocycles. The van der Waals surface area contributed by atoms with Crippen LogP contribution in [0.1, 0.15) is 39.0 Å². The Morgan fingerprint density at radius 1 is 1.38 bits per heavy atom. The smallest absolute Gasteiger partial charge is 0.315 e. The lowest BCUT2D eigenvalue weighted by Gasteiger charge is -2.28. The molecule has 0 aromatic heterocycles. The van der Waals surface area contributed by atoms with Gasteiger partial charge in [-0.3, -0.25) is 0 Å². The number of halogens is 3. The fraction of sp³-hybridized carbons (Fsp3) is 1.00. The molecule has 0 bridgehead atoms. The number of hydrogen-bond acceptors (Lipinski definition) is 2. The van der Waals surface area contributed by atoms with Crippen molar-refractivity contribution in [1.29, 1.82) is 0 Å². The Hall–Kier alpha value is -0.290. The zero-order valence-electron chi connectivity index (χ0n) is 9.79. The van der Waals surface area contributed by atoms with Gasteiger partial charge in [-0.2, -0.15) is 13.2 Å². The van der Waals surface area contributed by atoms with Crippen molar-refractivity contribution in [2.75, 3.05) is 19.6 Å². The first-order chi connectivity index (χ1) is 7.47. The molecular formula is C11H21F3N2. The number of alkyl halides is 3. The molecule has 0 aliphatic carbocycles. The fourth-order valence-corrected chi connectivity index (χ4v) is 2.19. The van der Waals surface area contributed by atoms with Gasteiger partial charge in [0.2, 0.25) is 0 Å². The van der Waals surface area contributed by atoms with Gasteiger partial charge < -0.3 is 10.6 Å². The largest absolute Gasteiger partial charge is 0.389 e. The van der Waals surface area contributed by atoms with Crippen molar-refractivity contribution >= 4 is 0 Å². The molecule has 0 aromatic rings. The van der Waals surface area contributed by atoms with Gasteiger partial charge >= 0.3 is 6.18 Å². The van der Waals surface area contributed by atoms with E-state index in [1.165, 1.54) is 0 Å². The van der Waals surface area contributed by atoms with Crippen LogP contribution >= 0.6 is 0 Å². The van der Waals surface area contributed by atoms with E-state index in [1.807, 2.05) is 0 Å². The van der Waals surface area contributed by atoms with Crippen LogP contribution in [0.2, 0.25) is 0 Å². The van der Waals surface area contributed by atoms with Crippen molar-refractivity contribution in [1.82, 2.24) is 10.6 Å². The van der Waals surface area contributed by atoms with E-state index in [4.69, 9.17) is 0 Å². The van der Waals surface area contributed by atoms with Crippen molar-refractivity contribution in [2.45, 2.75) is 50.7 Å². The highest BCUT2D eigenvalue weighted by Gasteiger charge is 2.31. The minimum Gasteiger partial charge on any atom is -0.315 e. The summed E-state index contributed by atoms with van der Waals surface area (Å²) in [5.74, 6) is 0. The minimum atomic E-state index is -4.02. The Morgan fingerprint density at radius 2 is 2.12 bits per heavy atom. The summed E-state index contributed by atoms with van der Waals surface area (Å²) >= 11 is 0. The van der Waals surface area contributed by atoms with Crippen LogP contribution < -0.4 is 10.6 Å². The maximum atomic E-state index is 11.9. The van der Waals surface area contributed by atoms with E-state index >= 15 is 0 Å². The molecule has 1 aliphatic rings. The molecule has 1 fully saturated rings. The van der Waals surface area contributed by atoms with Gasteiger partial charge in [-0.1, -0.05) is 6.92 Å². The summed E-state index contributed by atoms with van der Waals surface area (Å²) in [6.07, 6.45) is -1.22. The highest BCUT2D eigenvalue weighted by atomic mass is 19.4. The minimum absolute atomic E-state index is 0.123. The van der Waals surface area contributed by atoms with Crippen LogP contribution in [0.25, 0.3) is 0 Å². The number of nitrogens with one attached hydrogen (secondary N) is 2. The van der Waals surface area contributed by atoms with Gasteiger partial charge in [-0.15, -0.1) is 0 Å². The standard InChI is InChI=1S/C11H21F3N2/c1-2-10(5-3-8-16-10)9-15-7-4-6-11(12,13)14/h15-16H,2-9H2,1H3.